The van der Waals surface area contributed by atoms with Crippen molar-refractivity contribution in [3.63, 3.8) is 0 Å². The highest BCUT2D eigenvalue weighted by Crippen LogP contribution is 2.29. The molecule has 3 aromatic rings. The van der Waals surface area contributed by atoms with Crippen molar-refractivity contribution in [3.8, 4) is 0 Å². The summed E-state index contributed by atoms with van der Waals surface area (Å²) in [6, 6.07) is 22.0. The summed E-state index contributed by atoms with van der Waals surface area (Å²) in [6.45, 7) is 6.14. The minimum atomic E-state index is -0.880. The summed E-state index contributed by atoms with van der Waals surface area (Å²) >= 11 is 0. The molecule has 2 unspecified atom stereocenters. The Bertz CT molecular complexity index is 1410. The van der Waals surface area contributed by atoms with E-state index >= 15 is 0 Å². The first-order valence-electron chi connectivity index (χ1n) is 15.4. The van der Waals surface area contributed by atoms with Gasteiger partial charge in [-0.15, -0.1) is 0 Å². The zero-order valence-electron chi connectivity index (χ0n) is 25.8. The van der Waals surface area contributed by atoms with Gasteiger partial charge < -0.3 is 10.5 Å². The van der Waals surface area contributed by atoms with Crippen LogP contribution in [-0.2, 0) is 24.0 Å². The molecule has 1 heterocycles. The van der Waals surface area contributed by atoms with Crippen LogP contribution in [0.4, 0.5) is 5.69 Å². The van der Waals surface area contributed by atoms with Gasteiger partial charge >= 0.3 is 0 Å². The minimum absolute atomic E-state index is 0.0805. The molecule has 44 heavy (non-hydrogen) atoms. The number of anilines is 1. The van der Waals surface area contributed by atoms with Crippen molar-refractivity contribution in [1.82, 2.24) is 10.9 Å². The zero-order valence-corrected chi connectivity index (χ0v) is 25.8. The molecule has 1 aliphatic heterocycles. The van der Waals surface area contributed by atoms with Crippen molar-refractivity contribution in [2.24, 2.45) is 23.5 Å². The number of nitrogens with one attached hydrogen (secondary N) is 2. The van der Waals surface area contributed by atoms with Gasteiger partial charge in [-0.3, -0.25) is 19.8 Å². The lowest BCUT2D eigenvalue weighted by Crippen LogP contribution is -2.55. The Morgan fingerprint density at radius 1 is 0.955 bits per heavy atom. The molecule has 0 aromatic heterocycles. The second-order valence-electron chi connectivity index (χ2n) is 11.7. The number of hydrogen-bond donors (Lipinski definition) is 3. The van der Waals surface area contributed by atoms with Crippen LogP contribution >= 0.6 is 0 Å². The standard InChI is InChI=1S/C35H44N4O5/c1-24(2)23-30(33(40)37-39(35(42)25(3)36)31-20-12-17-27-16-7-8-18-28(27)31)29(19-11-15-26-13-5-4-6-14-26)34(41)38-44-32-21-9-10-22-43-32/h4-8,11-18,20,24-25,29-30,32H,9-10,19,21-23,36H2,1-3H3,(H,37,40)(H,38,41)/b15-11+/t25?,29-,30+,32?/m0/s1. The average molecular weight is 601 g/mol. The summed E-state index contributed by atoms with van der Waals surface area (Å²) in [5, 5.41) is 2.92. The van der Waals surface area contributed by atoms with Crippen LogP contribution < -0.4 is 21.6 Å². The molecule has 4 atom stereocenters. The summed E-state index contributed by atoms with van der Waals surface area (Å²) in [4.78, 5) is 47.0. The van der Waals surface area contributed by atoms with Crippen LogP contribution in [-0.4, -0.2) is 36.7 Å². The number of allylic oxidation sites excluding steroid dienone is 1. The van der Waals surface area contributed by atoms with E-state index in [1.54, 1.807) is 13.0 Å². The molecule has 0 bridgehead atoms. The predicted octanol–water partition coefficient (Wildman–Crippen LogP) is 5.51. The summed E-state index contributed by atoms with van der Waals surface area (Å²) < 4.78 is 5.62. The van der Waals surface area contributed by atoms with Crippen LogP contribution in [0.25, 0.3) is 16.8 Å². The van der Waals surface area contributed by atoms with E-state index in [0.29, 0.717) is 25.1 Å². The Morgan fingerprint density at radius 3 is 2.39 bits per heavy atom. The maximum Gasteiger partial charge on any atom is 0.262 e. The Kier molecular flexibility index (Phi) is 12.1. The van der Waals surface area contributed by atoms with Crippen molar-refractivity contribution in [2.45, 2.75) is 65.2 Å². The van der Waals surface area contributed by atoms with Gasteiger partial charge in [0.05, 0.1) is 23.6 Å². The number of benzene rings is 3. The summed E-state index contributed by atoms with van der Waals surface area (Å²) in [5.41, 5.74) is 13.0. The van der Waals surface area contributed by atoms with Gasteiger partial charge in [-0.05, 0) is 55.5 Å². The Hall–Kier alpha value is -4.05. The van der Waals surface area contributed by atoms with E-state index in [1.807, 2.05) is 92.7 Å². The fraction of sp³-hybridized carbons (Fsp3) is 0.400. The number of hydroxylamine groups is 1. The molecule has 234 valence electrons. The van der Waals surface area contributed by atoms with Gasteiger partial charge in [0.2, 0.25) is 11.8 Å². The molecule has 3 aromatic carbocycles. The van der Waals surface area contributed by atoms with E-state index in [1.165, 1.54) is 5.01 Å². The highest BCUT2D eigenvalue weighted by Gasteiger charge is 2.36. The Balaban J connectivity index is 1.64. The van der Waals surface area contributed by atoms with E-state index < -0.39 is 41.9 Å². The first-order chi connectivity index (χ1) is 21.2. The highest BCUT2D eigenvalue weighted by molar-refractivity contribution is 6.06. The van der Waals surface area contributed by atoms with Crippen LogP contribution in [0.2, 0.25) is 0 Å². The molecule has 0 saturated carbocycles. The van der Waals surface area contributed by atoms with Gasteiger partial charge in [0, 0.05) is 18.4 Å². The number of nitrogens with zero attached hydrogens (tertiary/aromatic N) is 1. The molecule has 9 heteroatoms. The maximum absolute atomic E-state index is 14.2. The van der Waals surface area contributed by atoms with E-state index in [2.05, 4.69) is 10.9 Å². The minimum Gasteiger partial charge on any atom is -0.350 e. The molecule has 4 rings (SSSR count). The normalized spacial score (nSPS) is 17.2. The van der Waals surface area contributed by atoms with Crippen LogP contribution in [0, 0.1) is 17.8 Å². The molecular formula is C35H44N4O5. The van der Waals surface area contributed by atoms with Crippen molar-refractivity contribution in [3.05, 3.63) is 84.4 Å². The lowest BCUT2D eigenvalue weighted by molar-refractivity contribution is -0.203. The number of carbonyl (C=O) groups is 3. The lowest BCUT2D eigenvalue weighted by atomic mass is 9.82. The Labute approximate surface area is 259 Å². The Morgan fingerprint density at radius 2 is 1.68 bits per heavy atom. The number of hydrogen-bond acceptors (Lipinski definition) is 6. The maximum atomic E-state index is 14.2. The molecule has 0 aliphatic carbocycles. The van der Waals surface area contributed by atoms with Crippen LogP contribution in [0.5, 0.6) is 0 Å². The number of nitrogens with two attached hydrogens (primary N) is 1. The third-order valence-corrected chi connectivity index (χ3v) is 7.65. The number of carbonyl (C=O) groups excluding carboxylic acids is 3. The first kappa shape index (κ1) is 32.9. The summed E-state index contributed by atoms with van der Waals surface area (Å²) in [5.74, 6) is -2.85. The van der Waals surface area contributed by atoms with Crippen molar-refractivity contribution >= 4 is 40.3 Å². The highest BCUT2D eigenvalue weighted by atomic mass is 16.8. The van der Waals surface area contributed by atoms with Gasteiger partial charge in [0.15, 0.2) is 6.29 Å². The second kappa shape index (κ2) is 16.1. The number of hydrazine groups is 1. The van der Waals surface area contributed by atoms with Crippen molar-refractivity contribution < 1.29 is 24.0 Å². The molecule has 0 spiro atoms. The molecule has 3 amide bonds. The van der Waals surface area contributed by atoms with Crippen LogP contribution in [0.15, 0.2) is 78.9 Å². The summed E-state index contributed by atoms with van der Waals surface area (Å²) in [7, 11) is 0. The monoisotopic (exact) mass is 600 g/mol. The average Bonchev–Trinajstić information content (AvgIpc) is 3.04. The predicted molar refractivity (Wildman–Crippen MR) is 173 cm³/mol. The van der Waals surface area contributed by atoms with Crippen molar-refractivity contribution in [1.29, 1.82) is 0 Å². The first-order valence-corrected chi connectivity index (χ1v) is 15.4. The molecule has 4 N–H and O–H groups in total. The van der Waals surface area contributed by atoms with Gasteiger partial charge in [0.25, 0.3) is 5.91 Å². The van der Waals surface area contributed by atoms with Gasteiger partial charge in [0.1, 0.15) is 0 Å². The van der Waals surface area contributed by atoms with Gasteiger partial charge in [-0.2, -0.15) is 0 Å². The lowest BCUT2D eigenvalue weighted by Gasteiger charge is -2.31. The number of fused-ring (bicyclic) bond motifs is 1. The second-order valence-corrected chi connectivity index (χ2v) is 11.7. The van der Waals surface area contributed by atoms with Crippen LogP contribution in [0.1, 0.15) is 58.4 Å². The zero-order chi connectivity index (χ0) is 31.5. The van der Waals surface area contributed by atoms with E-state index in [0.717, 1.165) is 29.2 Å². The van der Waals surface area contributed by atoms with E-state index in [9.17, 15) is 14.4 Å². The topological polar surface area (TPSA) is 123 Å². The van der Waals surface area contributed by atoms with Gasteiger partial charge in [-0.1, -0.05) is 92.7 Å². The van der Waals surface area contributed by atoms with Gasteiger partial charge in [-0.25, -0.2) is 15.3 Å². The number of rotatable bonds is 12. The van der Waals surface area contributed by atoms with E-state index in [-0.39, 0.29) is 12.3 Å². The summed E-state index contributed by atoms with van der Waals surface area (Å²) in [6.07, 6.45) is 6.54. The largest absolute Gasteiger partial charge is 0.350 e. The molecule has 1 aliphatic rings. The van der Waals surface area contributed by atoms with E-state index in [4.69, 9.17) is 15.3 Å². The fourth-order valence-corrected chi connectivity index (χ4v) is 5.37. The SMILES string of the molecule is CC(C)C[C@@H](C(=O)NN(C(=O)C(C)N)c1cccc2ccccc12)[C@H](C/C=C/c1ccccc1)C(=O)NOC1CCCCO1. The third-order valence-electron chi connectivity index (χ3n) is 7.65. The smallest absolute Gasteiger partial charge is 0.262 e. The number of amides is 3. The molecule has 1 fully saturated rings. The van der Waals surface area contributed by atoms with Crippen LogP contribution in [0.3, 0.4) is 0 Å². The molecule has 1 saturated heterocycles. The molecule has 9 nitrogen and oxygen atoms in total. The quantitative estimate of drug-likeness (QED) is 0.236. The molecule has 0 radical (unpaired) electrons. The molecular weight excluding hydrogens is 556 g/mol. The third kappa shape index (κ3) is 8.98. The van der Waals surface area contributed by atoms with Crippen molar-refractivity contribution in [2.75, 3.05) is 11.6 Å². The fourth-order valence-electron chi connectivity index (χ4n) is 5.37. The number of ether oxygens (including phenoxy) is 1.